The molecule has 9 heteroatoms. The lowest BCUT2D eigenvalue weighted by atomic mass is 10.0. The monoisotopic (exact) mass is 449 g/mol. The molecule has 29 heavy (non-hydrogen) atoms. The summed E-state index contributed by atoms with van der Waals surface area (Å²) in [6.45, 7) is 1.47. The summed E-state index contributed by atoms with van der Waals surface area (Å²) in [5, 5.41) is 3.73. The maximum absolute atomic E-state index is 12.7. The summed E-state index contributed by atoms with van der Waals surface area (Å²) in [7, 11) is 0. The molecule has 1 unspecified atom stereocenters. The second kappa shape index (κ2) is 10.4. The standard InChI is InChI=1S/C20H27ClF3N3OS/c21-15-3-5-17(6-4-15)29-13-9-25-19(28)18-2-1-10-27(18)16-7-11-26(12-8-16)14-20(22,23)24/h3-6,16,18H,1-2,7-14H2,(H,25,28). The average molecular weight is 450 g/mol. The van der Waals surface area contributed by atoms with Gasteiger partial charge < -0.3 is 5.32 Å². The van der Waals surface area contributed by atoms with Crippen LogP contribution in [0.5, 0.6) is 0 Å². The molecule has 0 aliphatic carbocycles. The molecule has 1 aromatic carbocycles. The SMILES string of the molecule is O=C(NCCSc1ccc(Cl)cc1)C1CCCN1C1CCN(CC(F)(F)F)CC1. The van der Waals surface area contributed by atoms with Crippen molar-refractivity contribution in [2.45, 2.75) is 48.8 Å². The Kier molecular flexibility index (Phi) is 8.13. The van der Waals surface area contributed by atoms with E-state index in [-0.39, 0.29) is 18.0 Å². The first-order chi connectivity index (χ1) is 13.8. The van der Waals surface area contributed by atoms with Gasteiger partial charge in [0.2, 0.25) is 5.91 Å². The van der Waals surface area contributed by atoms with Crippen LogP contribution in [0.4, 0.5) is 13.2 Å². The van der Waals surface area contributed by atoms with Crippen molar-refractivity contribution in [2.24, 2.45) is 0 Å². The van der Waals surface area contributed by atoms with E-state index in [1.807, 2.05) is 24.3 Å². The Morgan fingerprint density at radius 1 is 1.14 bits per heavy atom. The normalized spacial score (nSPS) is 22.1. The molecule has 0 bridgehead atoms. The maximum Gasteiger partial charge on any atom is 0.401 e. The number of thioether (sulfide) groups is 1. The van der Waals surface area contributed by atoms with E-state index in [0.29, 0.717) is 37.5 Å². The molecule has 2 fully saturated rings. The third-order valence-electron chi connectivity index (χ3n) is 5.51. The Labute approximate surface area is 179 Å². The van der Waals surface area contributed by atoms with Crippen LogP contribution in [0.25, 0.3) is 0 Å². The molecule has 0 aromatic heterocycles. The molecule has 2 aliphatic rings. The third kappa shape index (κ3) is 7.05. The first kappa shape index (κ1) is 22.7. The molecule has 0 saturated carbocycles. The van der Waals surface area contributed by atoms with Crippen LogP contribution in [0.15, 0.2) is 29.2 Å². The third-order valence-corrected chi connectivity index (χ3v) is 6.78. The Morgan fingerprint density at radius 3 is 2.48 bits per heavy atom. The van der Waals surface area contributed by atoms with Gasteiger partial charge in [0, 0.05) is 28.3 Å². The number of nitrogens with zero attached hydrogens (tertiary/aromatic N) is 2. The van der Waals surface area contributed by atoms with Crippen LogP contribution < -0.4 is 5.32 Å². The van der Waals surface area contributed by atoms with Crippen molar-refractivity contribution >= 4 is 29.3 Å². The zero-order valence-electron chi connectivity index (χ0n) is 16.3. The number of likely N-dealkylation sites (tertiary alicyclic amines) is 2. The van der Waals surface area contributed by atoms with Crippen molar-refractivity contribution in [2.75, 3.05) is 38.5 Å². The highest BCUT2D eigenvalue weighted by Crippen LogP contribution is 2.28. The number of nitrogens with one attached hydrogen (secondary N) is 1. The van der Waals surface area contributed by atoms with Crippen LogP contribution in [-0.4, -0.2) is 72.4 Å². The van der Waals surface area contributed by atoms with E-state index in [2.05, 4.69) is 10.2 Å². The number of halogens is 4. The van der Waals surface area contributed by atoms with E-state index >= 15 is 0 Å². The second-order valence-electron chi connectivity index (χ2n) is 7.61. The summed E-state index contributed by atoms with van der Waals surface area (Å²) in [6.07, 6.45) is -0.995. The van der Waals surface area contributed by atoms with Gasteiger partial charge in [0.1, 0.15) is 0 Å². The smallest absolute Gasteiger partial charge is 0.354 e. The van der Waals surface area contributed by atoms with E-state index < -0.39 is 12.7 Å². The topological polar surface area (TPSA) is 35.6 Å². The fourth-order valence-electron chi connectivity index (χ4n) is 4.16. The Bertz CT molecular complexity index is 666. The van der Waals surface area contributed by atoms with Crippen LogP contribution in [0.2, 0.25) is 5.02 Å². The van der Waals surface area contributed by atoms with Crippen LogP contribution in [-0.2, 0) is 4.79 Å². The molecule has 2 saturated heterocycles. The van der Waals surface area contributed by atoms with Gasteiger partial charge in [0.25, 0.3) is 0 Å². The molecule has 2 aliphatic heterocycles. The van der Waals surface area contributed by atoms with Gasteiger partial charge in [-0.2, -0.15) is 13.2 Å². The van der Waals surface area contributed by atoms with Gasteiger partial charge in [-0.1, -0.05) is 11.6 Å². The predicted octanol–water partition coefficient (Wildman–Crippen LogP) is 4.04. The summed E-state index contributed by atoms with van der Waals surface area (Å²) in [5.74, 6) is 0.813. The Balaban J connectivity index is 1.40. The summed E-state index contributed by atoms with van der Waals surface area (Å²) in [5.41, 5.74) is 0. The van der Waals surface area contributed by atoms with Crippen LogP contribution in [0.1, 0.15) is 25.7 Å². The molecular weight excluding hydrogens is 423 g/mol. The highest BCUT2D eigenvalue weighted by Gasteiger charge is 2.38. The minimum atomic E-state index is -4.15. The molecule has 0 spiro atoms. The van der Waals surface area contributed by atoms with Gasteiger partial charge in [0.05, 0.1) is 12.6 Å². The van der Waals surface area contributed by atoms with Gasteiger partial charge in [0.15, 0.2) is 0 Å². The van der Waals surface area contributed by atoms with Crippen LogP contribution in [0, 0.1) is 0 Å². The first-order valence-corrected chi connectivity index (χ1v) is 11.4. The number of piperidine rings is 1. The van der Waals surface area contributed by atoms with Gasteiger partial charge in [-0.05, 0) is 69.6 Å². The summed E-state index contributed by atoms with van der Waals surface area (Å²) in [6, 6.07) is 7.64. The molecule has 0 radical (unpaired) electrons. The highest BCUT2D eigenvalue weighted by atomic mass is 35.5. The lowest BCUT2D eigenvalue weighted by Crippen LogP contribution is -2.52. The molecule has 1 N–H and O–H groups in total. The molecule has 162 valence electrons. The Hall–Kier alpha value is -0.960. The van der Waals surface area contributed by atoms with Crippen molar-refractivity contribution in [1.82, 2.24) is 15.1 Å². The first-order valence-electron chi connectivity index (χ1n) is 10.0. The molecule has 2 heterocycles. The van der Waals surface area contributed by atoms with Crippen molar-refractivity contribution < 1.29 is 18.0 Å². The predicted molar refractivity (Wildman–Crippen MR) is 110 cm³/mol. The summed E-state index contributed by atoms with van der Waals surface area (Å²) in [4.78, 5) is 17.5. The fraction of sp³-hybridized carbons (Fsp3) is 0.650. The molecular formula is C20H27ClF3N3OS. The zero-order valence-corrected chi connectivity index (χ0v) is 17.8. The average Bonchev–Trinajstić information content (AvgIpc) is 3.16. The maximum atomic E-state index is 12.7. The summed E-state index contributed by atoms with van der Waals surface area (Å²) < 4.78 is 37.7. The highest BCUT2D eigenvalue weighted by molar-refractivity contribution is 7.99. The van der Waals surface area contributed by atoms with E-state index in [1.54, 1.807) is 11.8 Å². The molecule has 1 aromatic rings. The largest absolute Gasteiger partial charge is 0.401 e. The number of amides is 1. The number of carbonyl (C=O) groups is 1. The fourth-order valence-corrected chi connectivity index (χ4v) is 5.06. The lowest BCUT2D eigenvalue weighted by molar-refractivity contribution is -0.149. The van der Waals surface area contributed by atoms with Crippen molar-refractivity contribution in [3.63, 3.8) is 0 Å². The molecule has 1 atom stereocenters. The number of benzene rings is 1. The minimum absolute atomic E-state index is 0.0388. The molecule has 1 amide bonds. The van der Waals surface area contributed by atoms with E-state index in [0.717, 1.165) is 30.0 Å². The zero-order chi connectivity index (χ0) is 20.9. The number of hydrogen-bond acceptors (Lipinski definition) is 4. The quantitative estimate of drug-likeness (QED) is 0.503. The molecule has 3 rings (SSSR count). The summed E-state index contributed by atoms with van der Waals surface area (Å²) >= 11 is 7.54. The number of carbonyl (C=O) groups excluding carboxylic acids is 1. The number of hydrogen-bond donors (Lipinski definition) is 1. The van der Waals surface area contributed by atoms with Gasteiger partial charge in [-0.3, -0.25) is 14.6 Å². The van der Waals surface area contributed by atoms with Gasteiger partial charge >= 0.3 is 6.18 Å². The van der Waals surface area contributed by atoms with Crippen molar-refractivity contribution in [1.29, 1.82) is 0 Å². The second-order valence-corrected chi connectivity index (χ2v) is 9.22. The van der Waals surface area contributed by atoms with Gasteiger partial charge in [-0.25, -0.2) is 0 Å². The van der Waals surface area contributed by atoms with E-state index in [9.17, 15) is 18.0 Å². The van der Waals surface area contributed by atoms with Crippen LogP contribution >= 0.6 is 23.4 Å². The molecule has 4 nitrogen and oxygen atoms in total. The lowest BCUT2D eigenvalue weighted by Gasteiger charge is -2.39. The Morgan fingerprint density at radius 2 is 1.83 bits per heavy atom. The number of alkyl halides is 3. The van der Waals surface area contributed by atoms with Crippen LogP contribution in [0.3, 0.4) is 0 Å². The van der Waals surface area contributed by atoms with E-state index in [4.69, 9.17) is 11.6 Å². The number of rotatable bonds is 7. The van der Waals surface area contributed by atoms with Crippen molar-refractivity contribution in [3.8, 4) is 0 Å². The van der Waals surface area contributed by atoms with Gasteiger partial charge in [-0.15, -0.1) is 11.8 Å². The van der Waals surface area contributed by atoms with Crippen molar-refractivity contribution in [3.05, 3.63) is 29.3 Å². The minimum Gasteiger partial charge on any atom is -0.354 e. The van der Waals surface area contributed by atoms with E-state index in [1.165, 1.54) is 4.90 Å².